The molecule has 0 unspecified atom stereocenters. The monoisotopic (exact) mass is 1200 g/mol. The predicted molar refractivity (Wildman–Crippen MR) is 310 cm³/mol. The zero-order valence-corrected chi connectivity index (χ0v) is 47.5. The third kappa shape index (κ3) is 34.3. The minimum atomic E-state index is -1.57. The van der Waals surface area contributed by atoms with Crippen LogP contribution >= 0.6 is 12.6 Å². The maximum absolute atomic E-state index is 14.5. The lowest BCUT2D eigenvalue weighted by Gasteiger charge is -2.28. The van der Waals surface area contributed by atoms with Gasteiger partial charge in [0, 0.05) is 38.5 Å². The van der Waals surface area contributed by atoms with Crippen LogP contribution in [0.1, 0.15) is 78.1 Å². The molecule has 0 heterocycles. The fraction of sp³-hybridized carbons (Fsp3) is 0.667. The van der Waals surface area contributed by atoms with Crippen LogP contribution in [0, 0.1) is 5.92 Å². The van der Waals surface area contributed by atoms with E-state index in [-0.39, 0.29) is 138 Å². The van der Waals surface area contributed by atoms with Gasteiger partial charge in [-0.3, -0.25) is 68.1 Å². The lowest BCUT2D eigenvalue weighted by Crippen LogP contribution is -2.60. The van der Waals surface area contributed by atoms with E-state index in [4.69, 9.17) is 68.2 Å². The van der Waals surface area contributed by atoms with Crippen LogP contribution < -0.4 is 111 Å². The van der Waals surface area contributed by atoms with Gasteiger partial charge in [0.25, 0.3) is 0 Å². The molecule has 8 atom stereocenters. The number of nitrogens with two attached hydrogens (primary N) is 11. The van der Waals surface area contributed by atoms with E-state index in [1.54, 1.807) is 13.8 Å². The van der Waals surface area contributed by atoms with E-state index >= 15 is 0 Å². The quantitative estimate of drug-likeness (QED) is 0.0117. The summed E-state index contributed by atoms with van der Waals surface area (Å²) in [7, 11) is 0. The molecule has 0 spiro atoms. The molecule has 470 valence electrons. The second-order valence-electron chi connectivity index (χ2n) is 18.7. The summed E-state index contributed by atoms with van der Waals surface area (Å²) >= 11 is 3.86. The van der Waals surface area contributed by atoms with Crippen LogP contribution in [-0.2, 0) is 47.9 Å². The number of hydrogen-bond donors (Lipinski definition) is 23. The van der Waals surface area contributed by atoms with Gasteiger partial charge in [-0.25, -0.2) is 4.79 Å². The van der Waals surface area contributed by atoms with E-state index in [2.05, 4.69) is 85.4 Å². The first-order valence-corrected chi connectivity index (χ1v) is 26.8. The molecule has 38 heteroatoms. The summed E-state index contributed by atoms with van der Waals surface area (Å²) in [5, 5.41) is 41.1. The number of aliphatic carboxylic acids is 1. The average molecular weight is 1200 g/mol. The maximum Gasteiger partial charge on any atom is 0.327 e. The van der Waals surface area contributed by atoms with E-state index in [9.17, 15) is 53.1 Å². The molecule has 0 bridgehead atoms. The number of hydrogen-bond acceptors (Lipinski definition) is 18. The molecule has 0 aromatic carbocycles. The number of aliphatic imine (C=N–C) groups is 5. The number of rotatable bonds is 42. The minimum absolute atomic E-state index is 0.0100. The summed E-state index contributed by atoms with van der Waals surface area (Å²) < 4.78 is 0. The number of carbonyl (C=O) groups is 10. The standard InChI is InChI=1S/C45H87N25O12S/c1-22(2)32(46)39(80)70-28(20-71)38(79)69-27(12-7-17-61-45(55)56)37(78)68-26(11-6-16-60-44(53)54)36(77)67-25(10-5-15-59-43(51)52)35(76)66-24(9-4-14-58-42(49)50)34(75)65-23(8-3-13-57-41(47)48)33(74)63-18-30(72)62-19-31(73)64-29(21-83)40(81)82/h22-29,32,71,83H,3-21,46H2,1-2H3,(H,62,72)(H,63,74)(H,64,73)(H,65,75)(H,66,76)(H,67,77)(H,68,78)(H,69,79)(H,70,80)(H,81,82)(H4,47,48,57)(H4,49,50,58)(H4,51,52,59)(H4,53,54,60)(H4,55,56,61)/t23-,24-,25-,26-,27-,28-,29-,32-/m0/s1. The highest BCUT2D eigenvalue weighted by Gasteiger charge is 2.34. The third-order valence-electron chi connectivity index (χ3n) is 11.4. The number of amides is 9. The highest BCUT2D eigenvalue weighted by molar-refractivity contribution is 7.80. The summed E-state index contributed by atoms with van der Waals surface area (Å²) in [6, 6.07) is -11.4. The molecule has 0 aromatic heterocycles. The van der Waals surface area contributed by atoms with Gasteiger partial charge in [0.1, 0.15) is 42.3 Å². The topological polar surface area (TPSA) is 667 Å². The number of aliphatic hydroxyl groups excluding tert-OH is 1. The van der Waals surface area contributed by atoms with Crippen LogP contribution in [0.5, 0.6) is 0 Å². The summed E-state index contributed by atoms with van der Waals surface area (Å²) in [4.78, 5) is 153. The molecule has 9 amide bonds. The average Bonchev–Trinajstić information content (AvgIpc) is 3.46. The molecule has 0 saturated heterocycles. The molecule has 37 nitrogen and oxygen atoms in total. The van der Waals surface area contributed by atoms with Crippen LogP contribution in [0.15, 0.2) is 25.0 Å². The smallest absolute Gasteiger partial charge is 0.327 e. The Balaban J connectivity index is 7.15. The number of thiol groups is 1. The largest absolute Gasteiger partial charge is 0.480 e. The Bertz CT molecular complexity index is 2290. The molecule has 83 heavy (non-hydrogen) atoms. The molecule has 0 fully saturated rings. The van der Waals surface area contributed by atoms with Gasteiger partial charge in [0.05, 0.1) is 25.7 Å². The summed E-state index contributed by atoms with van der Waals surface area (Å²) in [5.41, 5.74) is 60.9. The fourth-order valence-corrected chi connectivity index (χ4v) is 7.20. The number of carboxylic acid groups (broad SMARTS) is 1. The van der Waals surface area contributed by atoms with Crippen LogP contribution in [0.3, 0.4) is 0 Å². The van der Waals surface area contributed by atoms with Gasteiger partial charge in [0.15, 0.2) is 29.8 Å². The Labute approximate surface area is 484 Å². The van der Waals surface area contributed by atoms with Gasteiger partial charge in [-0.05, 0) is 70.1 Å². The van der Waals surface area contributed by atoms with Gasteiger partial charge < -0.3 is 121 Å². The Morgan fingerprint density at radius 2 is 0.675 bits per heavy atom. The van der Waals surface area contributed by atoms with E-state index in [0.29, 0.717) is 0 Å². The van der Waals surface area contributed by atoms with Crippen molar-refractivity contribution >= 4 is 102 Å². The van der Waals surface area contributed by atoms with Crippen molar-refractivity contribution in [2.45, 2.75) is 126 Å². The number of nitrogens with zero attached hydrogens (tertiary/aromatic N) is 5. The highest BCUT2D eigenvalue weighted by atomic mass is 32.1. The van der Waals surface area contributed by atoms with Crippen molar-refractivity contribution in [2.75, 3.05) is 58.2 Å². The first-order valence-electron chi connectivity index (χ1n) is 26.2. The molecule has 0 aromatic rings. The van der Waals surface area contributed by atoms with Crippen molar-refractivity contribution in [3.05, 3.63) is 0 Å². The van der Waals surface area contributed by atoms with E-state index in [0.717, 1.165) is 0 Å². The molecule has 0 aliphatic heterocycles. The molecule has 0 saturated carbocycles. The van der Waals surface area contributed by atoms with Crippen molar-refractivity contribution < 1.29 is 58.2 Å². The lowest BCUT2D eigenvalue weighted by molar-refractivity contribution is -0.141. The summed E-state index contributed by atoms with van der Waals surface area (Å²) in [6.07, 6.45) is -0.524. The Morgan fingerprint density at radius 1 is 0.398 bits per heavy atom. The first kappa shape index (κ1) is 74.3. The molecular formula is C45H87N25O12S. The van der Waals surface area contributed by atoms with Gasteiger partial charge in [-0.2, -0.15) is 12.6 Å². The van der Waals surface area contributed by atoms with E-state index in [1.165, 1.54) is 0 Å². The normalized spacial score (nSPS) is 13.6. The Hall–Kier alpha value is -8.68. The molecule has 0 radical (unpaired) electrons. The van der Waals surface area contributed by atoms with Crippen molar-refractivity contribution in [1.82, 2.24) is 47.9 Å². The molecule has 0 aliphatic carbocycles. The molecule has 0 rings (SSSR count). The summed E-state index contributed by atoms with van der Waals surface area (Å²) in [5.74, 6) is -11.6. The first-order chi connectivity index (χ1) is 39.0. The van der Waals surface area contributed by atoms with E-state index < -0.39 is 127 Å². The number of guanidine groups is 5. The number of carbonyl (C=O) groups excluding carboxylic acids is 9. The molecular weight excluding hydrogens is 1110 g/mol. The van der Waals surface area contributed by atoms with E-state index in [1.807, 2.05) is 0 Å². The molecule has 0 aliphatic rings. The van der Waals surface area contributed by atoms with Crippen LogP contribution in [0.4, 0.5) is 0 Å². The van der Waals surface area contributed by atoms with Crippen molar-refractivity contribution in [3.8, 4) is 0 Å². The second-order valence-corrected chi connectivity index (χ2v) is 19.1. The van der Waals surface area contributed by atoms with Crippen molar-refractivity contribution in [1.29, 1.82) is 0 Å². The summed E-state index contributed by atoms with van der Waals surface area (Å²) in [6.45, 7) is 0.897. The highest BCUT2D eigenvalue weighted by Crippen LogP contribution is 2.10. The molecule has 33 N–H and O–H groups in total. The number of aliphatic hydroxyl groups is 1. The number of nitrogens with one attached hydrogen (secondary N) is 9. The zero-order valence-electron chi connectivity index (χ0n) is 46.6. The van der Waals surface area contributed by atoms with Crippen molar-refractivity contribution in [2.24, 2.45) is 94.0 Å². The van der Waals surface area contributed by atoms with Gasteiger partial charge in [-0.1, -0.05) is 13.8 Å². The Morgan fingerprint density at radius 3 is 0.940 bits per heavy atom. The third-order valence-corrected chi connectivity index (χ3v) is 11.8. The second kappa shape index (κ2) is 41.3. The minimum Gasteiger partial charge on any atom is -0.480 e. The maximum atomic E-state index is 14.5. The fourth-order valence-electron chi connectivity index (χ4n) is 6.95. The zero-order chi connectivity index (χ0) is 63.2. The Kier molecular flexibility index (Phi) is 37.0. The van der Waals surface area contributed by atoms with Crippen LogP contribution in [0.2, 0.25) is 0 Å². The van der Waals surface area contributed by atoms with Crippen molar-refractivity contribution in [3.63, 3.8) is 0 Å². The SMILES string of the molecule is CC(C)[C@H](N)C(=O)N[C@@H](CO)C(=O)N[C@@H](CCCN=C(N)N)C(=O)N[C@@H](CCCN=C(N)N)C(=O)N[C@@H](CCCN=C(N)N)C(=O)N[C@@H](CCCN=C(N)N)C(=O)N[C@@H](CCCN=C(N)N)C(=O)NCC(=O)NCC(=O)N[C@@H](CS)C(=O)O. The van der Waals surface area contributed by atoms with Gasteiger partial charge >= 0.3 is 5.97 Å². The lowest BCUT2D eigenvalue weighted by atomic mass is 10.0. The number of carboxylic acids is 1. The van der Waals surface area contributed by atoms with Crippen LogP contribution in [0.25, 0.3) is 0 Å². The predicted octanol–water partition coefficient (Wildman–Crippen LogP) is -11.1. The van der Waals surface area contributed by atoms with Gasteiger partial charge in [-0.15, -0.1) is 0 Å². The van der Waals surface area contributed by atoms with Gasteiger partial charge in [0.2, 0.25) is 53.2 Å². The van der Waals surface area contributed by atoms with Crippen LogP contribution in [-0.4, -0.2) is 206 Å².